The maximum absolute atomic E-state index is 4.48. The number of hydrogen-bond donors (Lipinski definition) is 0. The van der Waals surface area contributed by atoms with Gasteiger partial charge in [0.2, 0.25) is 0 Å². The lowest BCUT2D eigenvalue weighted by Crippen LogP contribution is -2.31. The highest BCUT2D eigenvalue weighted by Gasteiger charge is 2.05. The van der Waals surface area contributed by atoms with E-state index in [1.54, 1.807) is 0 Å². The lowest BCUT2D eigenvalue weighted by molar-refractivity contribution is 1.39. The molecule has 0 saturated heterocycles. The Morgan fingerprint density at radius 2 is 1.27 bits per heavy atom. The van der Waals surface area contributed by atoms with Gasteiger partial charge < -0.3 is 0 Å². The van der Waals surface area contributed by atoms with Gasteiger partial charge in [-0.05, 0) is 12.1 Å². The van der Waals surface area contributed by atoms with E-state index >= 15 is 0 Å². The third kappa shape index (κ3) is 1.31. The molecule has 0 spiro atoms. The molecular weight excluding hydrogens is 206 g/mol. The average molecular weight is 212 g/mol. The summed E-state index contributed by atoms with van der Waals surface area (Å²) in [6.07, 6.45) is 0. The monoisotopic (exact) mass is 212 g/mol. The zero-order valence-corrected chi connectivity index (χ0v) is 9.17. The van der Waals surface area contributed by atoms with Gasteiger partial charge in [-0.15, -0.1) is 0 Å². The van der Waals surface area contributed by atoms with Gasteiger partial charge in [0.05, 0.1) is 22.8 Å². The first-order valence-electron chi connectivity index (χ1n) is 4.61. The molecule has 2 heterocycles. The van der Waals surface area contributed by atoms with Crippen molar-refractivity contribution in [1.29, 1.82) is 0 Å². The normalized spacial score (nSPS) is 11.2. The fourth-order valence-electron chi connectivity index (χ4n) is 1.51. The van der Waals surface area contributed by atoms with E-state index in [9.17, 15) is 0 Å². The van der Waals surface area contributed by atoms with Crippen molar-refractivity contribution in [3.8, 4) is 0 Å². The van der Waals surface area contributed by atoms with Gasteiger partial charge in [0.15, 0.2) is 15.7 Å². The van der Waals surface area contributed by atoms with Crippen LogP contribution in [0.4, 0.5) is 0 Å². The second kappa shape index (κ2) is 3.00. The maximum atomic E-state index is 4.48. The topological polar surface area (TPSA) is 51.6 Å². The van der Waals surface area contributed by atoms with Crippen molar-refractivity contribution in [2.75, 3.05) is 0 Å². The molecule has 0 amide bonds. The Labute approximate surface area is 91.9 Å². The largest absolute Gasteiger partial charge is 0.261 e. The van der Waals surface area contributed by atoms with Crippen molar-refractivity contribution in [3.05, 3.63) is 12.1 Å². The van der Waals surface area contributed by atoms with Gasteiger partial charge in [0.1, 0.15) is 11.0 Å². The molecule has 0 aliphatic heterocycles. The molecular formula is C8H6B2N4S. The number of rotatable bonds is 0. The van der Waals surface area contributed by atoms with Crippen LogP contribution in [0, 0.1) is 0 Å². The molecule has 0 radical (unpaired) electrons. The quantitative estimate of drug-likeness (QED) is 0.410. The molecule has 0 saturated carbocycles. The molecule has 15 heavy (non-hydrogen) atoms. The van der Waals surface area contributed by atoms with Crippen molar-refractivity contribution >= 4 is 60.7 Å². The molecule has 2 aromatic heterocycles. The minimum Gasteiger partial charge on any atom is -0.261 e. The smallest absolute Gasteiger partial charge is 0.165 e. The first-order chi connectivity index (χ1) is 7.24. The number of aromatic nitrogens is 4. The minimum absolute atomic E-state index is 0.887. The Hall–Kier alpha value is -1.49. The summed E-state index contributed by atoms with van der Waals surface area (Å²) in [6, 6.07) is 3.88. The Bertz CT molecular complexity index is 611. The van der Waals surface area contributed by atoms with E-state index < -0.39 is 0 Å². The van der Waals surface area contributed by atoms with Crippen molar-refractivity contribution in [2.24, 2.45) is 0 Å². The molecule has 70 valence electrons. The molecule has 1 aromatic carbocycles. The lowest BCUT2D eigenvalue weighted by atomic mass is 9.90. The van der Waals surface area contributed by atoms with Crippen LogP contribution in [0.5, 0.6) is 0 Å². The molecule has 3 rings (SSSR count). The van der Waals surface area contributed by atoms with E-state index in [1.807, 2.05) is 27.8 Å². The van der Waals surface area contributed by atoms with Crippen molar-refractivity contribution in [2.45, 2.75) is 0 Å². The molecule has 4 nitrogen and oxygen atoms in total. The molecule has 0 aliphatic rings. The highest BCUT2D eigenvalue weighted by Crippen LogP contribution is 2.16. The van der Waals surface area contributed by atoms with Crippen LogP contribution in [0.15, 0.2) is 12.1 Å². The first-order valence-corrected chi connectivity index (χ1v) is 5.34. The number of fused-ring (bicyclic) bond motifs is 2. The lowest BCUT2D eigenvalue weighted by Gasteiger charge is -2.01. The molecule has 7 heteroatoms. The molecule has 0 aliphatic carbocycles. The van der Waals surface area contributed by atoms with Gasteiger partial charge in [0, 0.05) is 11.2 Å². The summed E-state index contributed by atoms with van der Waals surface area (Å²) < 4.78 is 8.37. The minimum atomic E-state index is 0.887. The molecule has 0 unspecified atom stereocenters. The summed E-state index contributed by atoms with van der Waals surface area (Å²) in [6.45, 7) is 0. The number of nitrogens with zero attached hydrogens (tertiary/aromatic N) is 4. The van der Waals surface area contributed by atoms with E-state index in [4.69, 9.17) is 0 Å². The summed E-state index contributed by atoms with van der Waals surface area (Å²) in [7, 11) is 3.93. The van der Waals surface area contributed by atoms with E-state index in [2.05, 4.69) is 18.7 Å². The molecule has 0 N–H and O–H groups in total. The Morgan fingerprint density at radius 3 is 1.73 bits per heavy atom. The van der Waals surface area contributed by atoms with Gasteiger partial charge in [-0.1, -0.05) is 0 Å². The van der Waals surface area contributed by atoms with Crippen LogP contribution in [0.1, 0.15) is 0 Å². The van der Waals surface area contributed by atoms with Crippen molar-refractivity contribution in [1.82, 2.24) is 18.7 Å². The molecule has 3 aromatic rings. The Kier molecular flexibility index (Phi) is 1.76. The fraction of sp³-hybridized carbons (Fsp3) is 0. The predicted octanol–water partition coefficient (Wildman–Crippen LogP) is -1.85. The zero-order chi connectivity index (χ0) is 10.4. The van der Waals surface area contributed by atoms with Gasteiger partial charge >= 0.3 is 0 Å². The average Bonchev–Trinajstić information content (AvgIpc) is 2.63. The SMILES string of the molecule is Bc1nc2cc3nsnc3cc2nc1B. The standard InChI is InChI=1S/C8H6B2N4S/c9-7-8(10)12-4-2-6-5(13-15-14-6)1-3(4)11-7/h1-2H,9-10H2. The van der Waals surface area contributed by atoms with E-state index in [0.29, 0.717) is 0 Å². The van der Waals surface area contributed by atoms with E-state index in [-0.39, 0.29) is 0 Å². The van der Waals surface area contributed by atoms with Gasteiger partial charge in [-0.2, -0.15) is 8.75 Å². The van der Waals surface area contributed by atoms with Crippen LogP contribution in [0.2, 0.25) is 0 Å². The van der Waals surface area contributed by atoms with Crippen LogP contribution < -0.4 is 11.2 Å². The van der Waals surface area contributed by atoms with Crippen LogP contribution in [0.25, 0.3) is 22.1 Å². The van der Waals surface area contributed by atoms with Crippen LogP contribution in [0.3, 0.4) is 0 Å². The number of benzene rings is 1. The summed E-state index contributed by atoms with van der Waals surface area (Å²) in [5.41, 5.74) is 5.49. The van der Waals surface area contributed by atoms with Crippen LogP contribution in [-0.4, -0.2) is 34.4 Å². The second-order valence-corrected chi connectivity index (χ2v) is 4.02. The highest BCUT2D eigenvalue weighted by molar-refractivity contribution is 7.00. The van der Waals surface area contributed by atoms with Crippen LogP contribution >= 0.6 is 11.7 Å². The van der Waals surface area contributed by atoms with E-state index in [1.165, 1.54) is 11.7 Å². The van der Waals surface area contributed by atoms with Crippen molar-refractivity contribution in [3.63, 3.8) is 0 Å². The Morgan fingerprint density at radius 1 is 0.800 bits per heavy atom. The summed E-state index contributed by atoms with van der Waals surface area (Å²) >= 11 is 1.22. The number of hydrogen-bond acceptors (Lipinski definition) is 5. The summed E-state index contributed by atoms with van der Waals surface area (Å²) in [5, 5.41) is 0. The second-order valence-electron chi connectivity index (χ2n) is 3.49. The Balaban J connectivity index is 2.49. The first kappa shape index (κ1) is 8.79. The predicted molar refractivity (Wildman–Crippen MR) is 66.9 cm³/mol. The van der Waals surface area contributed by atoms with Crippen LogP contribution in [-0.2, 0) is 0 Å². The van der Waals surface area contributed by atoms with Gasteiger partial charge in [-0.25, -0.2) is 0 Å². The fourth-order valence-corrected chi connectivity index (χ4v) is 2.02. The van der Waals surface area contributed by atoms with Gasteiger partial charge in [-0.3, -0.25) is 9.97 Å². The zero-order valence-electron chi connectivity index (χ0n) is 8.35. The highest BCUT2D eigenvalue weighted by atomic mass is 32.1. The summed E-state index contributed by atoms with van der Waals surface area (Å²) in [4.78, 5) is 8.96. The third-order valence-corrected chi connectivity index (χ3v) is 3.01. The van der Waals surface area contributed by atoms with Crippen molar-refractivity contribution < 1.29 is 0 Å². The van der Waals surface area contributed by atoms with E-state index in [0.717, 1.165) is 33.3 Å². The molecule has 0 fully saturated rings. The molecule has 0 bridgehead atoms. The third-order valence-electron chi connectivity index (χ3n) is 2.45. The summed E-state index contributed by atoms with van der Waals surface area (Å²) in [5.74, 6) is 0. The van der Waals surface area contributed by atoms with Gasteiger partial charge in [0.25, 0.3) is 0 Å². The molecule has 0 atom stereocenters. The maximum Gasteiger partial charge on any atom is 0.165 e.